The minimum atomic E-state index is -0.241. The predicted molar refractivity (Wildman–Crippen MR) is 68.1 cm³/mol. The van der Waals surface area contributed by atoms with Gasteiger partial charge in [0.1, 0.15) is 0 Å². The van der Waals surface area contributed by atoms with Gasteiger partial charge in [0, 0.05) is 6.61 Å². The first-order valence-corrected chi connectivity index (χ1v) is 6.73. The maximum atomic E-state index is 9.63. The Morgan fingerprint density at radius 3 is 2.59 bits per heavy atom. The van der Waals surface area contributed by atoms with Crippen LogP contribution < -0.4 is 5.32 Å². The highest BCUT2D eigenvalue weighted by atomic mass is 16.5. The molecule has 1 aliphatic rings. The van der Waals surface area contributed by atoms with Crippen LogP contribution in [0.15, 0.2) is 0 Å². The van der Waals surface area contributed by atoms with Gasteiger partial charge in [0.2, 0.25) is 0 Å². The zero-order valence-corrected chi connectivity index (χ0v) is 11.4. The minimum absolute atomic E-state index is 0.0817. The Balaban J connectivity index is 2.37. The average Bonchev–Trinajstić information content (AvgIpc) is 3.16. The third-order valence-electron chi connectivity index (χ3n) is 3.35. The summed E-state index contributed by atoms with van der Waals surface area (Å²) in [6.45, 7) is 8.97. The van der Waals surface area contributed by atoms with E-state index in [4.69, 9.17) is 9.47 Å². The van der Waals surface area contributed by atoms with E-state index >= 15 is 0 Å². The summed E-state index contributed by atoms with van der Waals surface area (Å²) in [7, 11) is 0. The molecule has 1 rings (SSSR count). The Morgan fingerprint density at radius 2 is 2.12 bits per heavy atom. The molecule has 1 fully saturated rings. The minimum Gasteiger partial charge on any atom is -0.394 e. The van der Waals surface area contributed by atoms with Crippen molar-refractivity contribution in [3.8, 4) is 0 Å². The van der Waals surface area contributed by atoms with Crippen LogP contribution in [0.3, 0.4) is 0 Å². The van der Waals surface area contributed by atoms with E-state index < -0.39 is 0 Å². The standard InChI is InChI=1S/C13H27NO3/c1-4-14-13(9-15,12-6-7-12)10-17-11(3)8-16-5-2/h11-12,14-15H,4-10H2,1-3H3. The molecule has 102 valence electrons. The quantitative estimate of drug-likeness (QED) is 0.607. The van der Waals surface area contributed by atoms with Crippen LogP contribution in [0, 0.1) is 5.92 Å². The van der Waals surface area contributed by atoms with E-state index in [1.54, 1.807) is 0 Å². The molecule has 4 heteroatoms. The van der Waals surface area contributed by atoms with Crippen molar-refractivity contribution in [3.63, 3.8) is 0 Å². The average molecular weight is 245 g/mol. The largest absolute Gasteiger partial charge is 0.394 e. The van der Waals surface area contributed by atoms with Crippen molar-refractivity contribution in [3.05, 3.63) is 0 Å². The van der Waals surface area contributed by atoms with E-state index in [9.17, 15) is 5.11 Å². The van der Waals surface area contributed by atoms with Crippen molar-refractivity contribution in [1.29, 1.82) is 0 Å². The number of aliphatic hydroxyl groups excluding tert-OH is 1. The van der Waals surface area contributed by atoms with Crippen LogP contribution >= 0.6 is 0 Å². The third kappa shape index (κ3) is 4.54. The first-order valence-electron chi connectivity index (χ1n) is 6.73. The molecule has 0 amide bonds. The van der Waals surface area contributed by atoms with Gasteiger partial charge in [0.15, 0.2) is 0 Å². The van der Waals surface area contributed by atoms with Crippen LogP contribution in [0.25, 0.3) is 0 Å². The second-order valence-electron chi connectivity index (χ2n) is 4.90. The Labute approximate surface area is 105 Å². The Bertz CT molecular complexity index is 209. The molecule has 0 spiro atoms. The van der Waals surface area contributed by atoms with Crippen LogP contribution in [-0.2, 0) is 9.47 Å². The maximum Gasteiger partial charge on any atom is 0.0781 e. The van der Waals surface area contributed by atoms with Crippen molar-refractivity contribution in [2.24, 2.45) is 5.92 Å². The van der Waals surface area contributed by atoms with Gasteiger partial charge in [-0.3, -0.25) is 0 Å². The summed E-state index contributed by atoms with van der Waals surface area (Å²) in [6, 6.07) is 0. The van der Waals surface area contributed by atoms with Gasteiger partial charge in [-0.2, -0.15) is 0 Å². The van der Waals surface area contributed by atoms with Crippen molar-refractivity contribution < 1.29 is 14.6 Å². The summed E-state index contributed by atoms with van der Waals surface area (Å²) in [5.41, 5.74) is -0.241. The van der Waals surface area contributed by atoms with E-state index in [2.05, 4.69) is 12.2 Å². The lowest BCUT2D eigenvalue weighted by Crippen LogP contribution is -2.54. The lowest BCUT2D eigenvalue weighted by atomic mass is 9.95. The number of rotatable bonds is 10. The molecule has 0 heterocycles. The van der Waals surface area contributed by atoms with Crippen LogP contribution in [0.1, 0.15) is 33.6 Å². The molecule has 0 aliphatic heterocycles. The zero-order valence-electron chi connectivity index (χ0n) is 11.4. The van der Waals surface area contributed by atoms with E-state index in [-0.39, 0.29) is 18.2 Å². The Morgan fingerprint density at radius 1 is 1.41 bits per heavy atom. The van der Waals surface area contributed by atoms with Crippen LogP contribution in [0.2, 0.25) is 0 Å². The van der Waals surface area contributed by atoms with Crippen molar-refractivity contribution in [2.75, 3.05) is 33.0 Å². The fraction of sp³-hybridized carbons (Fsp3) is 1.00. The van der Waals surface area contributed by atoms with Crippen LogP contribution in [0.4, 0.5) is 0 Å². The van der Waals surface area contributed by atoms with Gasteiger partial charge < -0.3 is 19.9 Å². The van der Waals surface area contributed by atoms with Gasteiger partial charge in [-0.1, -0.05) is 6.92 Å². The highest BCUT2D eigenvalue weighted by molar-refractivity contribution is 5.00. The van der Waals surface area contributed by atoms with E-state index in [0.29, 0.717) is 25.7 Å². The van der Waals surface area contributed by atoms with E-state index in [0.717, 1.165) is 6.54 Å². The molecule has 0 aromatic heterocycles. The topological polar surface area (TPSA) is 50.7 Å². The molecule has 0 bridgehead atoms. The summed E-state index contributed by atoms with van der Waals surface area (Å²) < 4.78 is 11.1. The van der Waals surface area contributed by atoms with Gasteiger partial charge >= 0.3 is 0 Å². The number of hydrogen-bond donors (Lipinski definition) is 2. The fourth-order valence-corrected chi connectivity index (χ4v) is 2.15. The highest BCUT2D eigenvalue weighted by Crippen LogP contribution is 2.39. The number of likely N-dealkylation sites (N-methyl/N-ethyl adjacent to an activating group) is 1. The van der Waals surface area contributed by atoms with Crippen molar-refractivity contribution in [1.82, 2.24) is 5.32 Å². The molecule has 0 radical (unpaired) electrons. The molecule has 0 saturated heterocycles. The number of hydrogen-bond acceptors (Lipinski definition) is 4. The predicted octanol–water partition coefficient (Wildman–Crippen LogP) is 1.18. The van der Waals surface area contributed by atoms with Gasteiger partial charge in [-0.15, -0.1) is 0 Å². The molecule has 1 saturated carbocycles. The van der Waals surface area contributed by atoms with Gasteiger partial charge in [0.05, 0.1) is 31.5 Å². The normalized spacial score (nSPS) is 21.2. The first-order chi connectivity index (χ1) is 8.18. The Kier molecular flexibility index (Phi) is 6.41. The monoisotopic (exact) mass is 245 g/mol. The molecular weight excluding hydrogens is 218 g/mol. The molecule has 2 N–H and O–H groups in total. The van der Waals surface area contributed by atoms with Gasteiger partial charge in [0.25, 0.3) is 0 Å². The van der Waals surface area contributed by atoms with Crippen molar-refractivity contribution >= 4 is 0 Å². The lowest BCUT2D eigenvalue weighted by Gasteiger charge is -2.34. The third-order valence-corrected chi connectivity index (χ3v) is 3.35. The Hall–Kier alpha value is -0.160. The number of ether oxygens (including phenoxy) is 2. The molecule has 17 heavy (non-hydrogen) atoms. The molecule has 0 aromatic rings. The summed E-state index contributed by atoms with van der Waals surface area (Å²) >= 11 is 0. The molecular formula is C13H27NO3. The molecule has 1 aliphatic carbocycles. The summed E-state index contributed by atoms with van der Waals surface area (Å²) in [6.07, 6.45) is 2.46. The molecule has 0 aromatic carbocycles. The summed E-state index contributed by atoms with van der Waals surface area (Å²) in [5.74, 6) is 0.562. The first kappa shape index (κ1) is 14.9. The molecule has 2 unspecified atom stereocenters. The second kappa shape index (κ2) is 7.31. The van der Waals surface area contributed by atoms with Crippen molar-refractivity contribution in [2.45, 2.75) is 45.3 Å². The smallest absolute Gasteiger partial charge is 0.0781 e. The number of aliphatic hydroxyl groups is 1. The van der Waals surface area contributed by atoms with Gasteiger partial charge in [-0.05, 0) is 39.2 Å². The van der Waals surface area contributed by atoms with Crippen LogP contribution in [0.5, 0.6) is 0 Å². The summed E-state index contributed by atoms with van der Waals surface area (Å²) in [5, 5.41) is 13.0. The SMILES string of the molecule is CCNC(CO)(COC(C)COCC)C1CC1. The lowest BCUT2D eigenvalue weighted by molar-refractivity contribution is -0.0443. The summed E-state index contributed by atoms with van der Waals surface area (Å²) in [4.78, 5) is 0. The molecule has 2 atom stereocenters. The highest BCUT2D eigenvalue weighted by Gasteiger charge is 2.44. The van der Waals surface area contributed by atoms with Gasteiger partial charge in [-0.25, -0.2) is 0 Å². The fourth-order valence-electron chi connectivity index (χ4n) is 2.15. The van der Waals surface area contributed by atoms with Crippen LogP contribution in [-0.4, -0.2) is 49.7 Å². The number of nitrogens with one attached hydrogen (secondary N) is 1. The van der Waals surface area contributed by atoms with E-state index in [1.165, 1.54) is 12.8 Å². The second-order valence-corrected chi connectivity index (χ2v) is 4.90. The maximum absolute atomic E-state index is 9.63. The zero-order chi connectivity index (χ0) is 12.7. The van der Waals surface area contributed by atoms with E-state index in [1.807, 2.05) is 13.8 Å². The molecule has 4 nitrogen and oxygen atoms in total.